The lowest BCUT2D eigenvalue weighted by Gasteiger charge is -2.24. The molecule has 3 aliphatic rings. The van der Waals surface area contributed by atoms with Gasteiger partial charge in [0.05, 0.1) is 49.3 Å². The molecule has 5 aromatic rings. The van der Waals surface area contributed by atoms with Crippen molar-refractivity contribution in [1.29, 1.82) is 0 Å². The summed E-state index contributed by atoms with van der Waals surface area (Å²) in [4.78, 5) is 74.5. The number of benzene rings is 5. The summed E-state index contributed by atoms with van der Waals surface area (Å²) >= 11 is 0. The van der Waals surface area contributed by atoms with Gasteiger partial charge in [0.2, 0.25) is 17.7 Å². The van der Waals surface area contributed by atoms with Gasteiger partial charge in [-0.15, -0.1) is 0 Å². The van der Waals surface area contributed by atoms with E-state index >= 15 is 0 Å². The molecule has 0 bridgehead atoms. The van der Waals surface area contributed by atoms with Crippen molar-refractivity contribution in [3.05, 3.63) is 124 Å². The van der Waals surface area contributed by atoms with Crippen molar-refractivity contribution in [3.63, 3.8) is 0 Å². The molecule has 3 heterocycles. The normalized spacial score (nSPS) is 14.8. The van der Waals surface area contributed by atoms with Gasteiger partial charge in [0.15, 0.2) is 23.0 Å². The minimum Gasteiger partial charge on any atom is -0.493 e. The summed E-state index contributed by atoms with van der Waals surface area (Å²) in [7, 11) is 5.75. The maximum Gasteiger partial charge on any atom is 0.260 e. The lowest BCUT2D eigenvalue weighted by Crippen LogP contribution is -2.45. The first kappa shape index (κ1) is 49.0. The number of methoxy groups -OCH3 is 2. The summed E-state index contributed by atoms with van der Waals surface area (Å²) in [5, 5.41) is 8.17. The number of carbonyl (C=O) groups excluding carboxylic acids is 5. The molecule has 3 unspecified atom stereocenters. The molecule has 0 spiro atoms. The molecule has 70 heavy (non-hydrogen) atoms. The highest BCUT2D eigenvalue weighted by Crippen LogP contribution is 2.44. The van der Waals surface area contributed by atoms with Crippen LogP contribution in [0, 0.1) is 0 Å². The van der Waals surface area contributed by atoms with Gasteiger partial charge in [-0.1, -0.05) is 56.2 Å². The minimum absolute atomic E-state index is 0.00726. The Bertz CT molecular complexity index is 2840. The van der Waals surface area contributed by atoms with E-state index in [-0.39, 0.29) is 43.5 Å². The number of carbonyl (C=O) groups is 5. The number of nitrogens with one attached hydrogen (secondary N) is 3. The van der Waals surface area contributed by atoms with Crippen LogP contribution in [0.2, 0.25) is 0 Å². The standard InChI is InChI=1S/C53H58N7O9P/c1-6-7-8-17-49(61)55-28-50(62)56-32(2)51(63)57-37-21-33(30-68-47-26-41(54-3)39(24-45(47)66-4)52(64)58-19-18-35-13-9-11-15-42(35)58)20-34(22-37)31-69-48-27-44-40(25-46(48)67-5)53(65)60-38(29-59(44)70)23-36-14-10-12-16-43(36)60/h9-16,20-22,24-27,32,38H,3,6-8,17-19,23,28-31,70H2,1-2,4-5H3,(H,55,61)(H,56,62)(H,57,63). The average Bonchev–Trinajstić information content (AvgIpc) is 3.95. The molecule has 5 amide bonds. The third kappa shape index (κ3) is 10.7. The lowest BCUT2D eigenvalue weighted by atomic mass is 10.1. The summed E-state index contributed by atoms with van der Waals surface area (Å²) in [6, 6.07) is 26.8. The molecule has 5 aromatic carbocycles. The third-order valence-electron chi connectivity index (χ3n) is 12.7. The van der Waals surface area contributed by atoms with E-state index in [0.717, 1.165) is 54.6 Å². The maximum atomic E-state index is 14.2. The van der Waals surface area contributed by atoms with E-state index in [1.54, 1.807) is 48.2 Å². The van der Waals surface area contributed by atoms with Crippen molar-refractivity contribution in [2.24, 2.45) is 4.99 Å². The summed E-state index contributed by atoms with van der Waals surface area (Å²) in [5.41, 5.74) is 7.38. The third-order valence-corrected chi connectivity index (χ3v) is 13.2. The van der Waals surface area contributed by atoms with Crippen LogP contribution in [0.1, 0.15) is 82.5 Å². The second-order valence-electron chi connectivity index (χ2n) is 17.5. The fraction of sp³-hybridized carbons (Fsp3) is 0.321. The van der Waals surface area contributed by atoms with Crippen LogP contribution in [0.15, 0.2) is 96.0 Å². The minimum atomic E-state index is -0.959. The quantitative estimate of drug-likeness (QED) is 0.0422. The van der Waals surface area contributed by atoms with Crippen molar-refractivity contribution >= 4 is 74.1 Å². The SMILES string of the molecule is C=Nc1cc(OCc2cc(COc3cc4c(cc3OC)C(=O)N3c5ccccc5CC3CN4P)cc(NC(=O)C(C)NC(=O)CNC(=O)CCCCC)c2)c(OC)cc1C(=O)N1CCc2ccccc21. The van der Waals surface area contributed by atoms with E-state index in [9.17, 15) is 24.0 Å². The molecule has 3 aliphatic heterocycles. The van der Waals surface area contributed by atoms with E-state index in [1.165, 1.54) is 14.2 Å². The van der Waals surface area contributed by atoms with Crippen LogP contribution in [0.3, 0.4) is 0 Å². The smallest absolute Gasteiger partial charge is 0.260 e. The van der Waals surface area contributed by atoms with Crippen LogP contribution in [0.4, 0.5) is 28.4 Å². The van der Waals surface area contributed by atoms with Gasteiger partial charge in [0, 0.05) is 48.7 Å². The predicted octanol–water partition coefficient (Wildman–Crippen LogP) is 7.72. The van der Waals surface area contributed by atoms with Gasteiger partial charge in [0.25, 0.3) is 11.8 Å². The predicted molar refractivity (Wildman–Crippen MR) is 273 cm³/mol. The Balaban J connectivity index is 1.03. The summed E-state index contributed by atoms with van der Waals surface area (Å²) < 4.78 is 26.4. The molecule has 0 aliphatic carbocycles. The number of nitrogens with zero attached hydrogens (tertiary/aromatic N) is 4. The molecule has 0 saturated heterocycles. The Labute approximate surface area is 410 Å². The van der Waals surface area contributed by atoms with Gasteiger partial charge >= 0.3 is 0 Å². The first-order valence-electron chi connectivity index (χ1n) is 23.4. The Kier molecular flexibility index (Phi) is 15.3. The van der Waals surface area contributed by atoms with Crippen molar-refractivity contribution in [3.8, 4) is 23.0 Å². The zero-order valence-electron chi connectivity index (χ0n) is 39.8. The highest BCUT2D eigenvalue weighted by atomic mass is 31.0. The van der Waals surface area contributed by atoms with Crippen LogP contribution in [0.25, 0.3) is 0 Å². The summed E-state index contributed by atoms with van der Waals surface area (Å²) in [6.07, 6.45) is 4.42. The largest absolute Gasteiger partial charge is 0.493 e. The molecular formula is C53H58N7O9P. The van der Waals surface area contributed by atoms with Crippen LogP contribution in [-0.4, -0.2) is 82.2 Å². The van der Waals surface area contributed by atoms with Gasteiger partial charge in [-0.2, -0.15) is 0 Å². The first-order chi connectivity index (χ1) is 33.9. The second-order valence-corrected chi connectivity index (χ2v) is 18.1. The molecule has 3 atom stereocenters. The fourth-order valence-electron chi connectivity index (χ4n) is 9.12. The molecule has 8 rings (SSSR count). The Morgan fingerprint density at radius 2 is 1.49 bits per heavy atom. The molecule has 17 heteroatoms. The van der Waals surface area contributed by atoms with Crippen molar-refractivity contribution in [2.45, 2.75) is 77.7 Å². The summed E-state index contributed by atoms with van der Waals surface area (Å²) in [6.45, 7) is 8.17. The van der Waals surface area contributed by atoms with Gasteiger partial charge in [-0.3, -0.25) is 29.0 Å². The Morgan fingerprint density at radius 3 is 2.19 bits per heavy atom. The maximum absolute atomic E-state index is 14.2. The molecule has 0 aromatic heterocycles. The number of amides is 5. The van der Waals surface area contributed by atoms with Gasteiger partial charge < -0.3 is 49.4 Å². The Hall–Kier alpha value is -7.45. The zero-order valence-corrected chi connectivity index (χ0v) is 41.0. The molecule has 0 saturated carbocycles. The lowest BCUT2D eigenvalue weighted by molar-refractivity contribution is -0.128. The first-order valence-corrected chi connectivity index (χ1v) is 23.9. The molecule has 0 fully saturated rings. The second kappa shape index (κ2) is 21.9. The number of ether oxygens (including phenoxy) is 4. The highest BCUT2D eigenvalue weighted by molar-refractivity contribution is 7.19. The van der Waals surface area contributed by atoms with E-state index < -0.39 is 17.9 Å². The molecular weight excluding hydrogens is 910 g/mol. The van der Waals surface area contributed by atoms with E-state index in [4.69, 9.17) is 18.9 Å². The van der Waals surface area contributed by atoms with Crippen molar-refractivity contribution < 1.29 is 42.9 Å². The van der Waals surface area contributed by atoms with E-state index in [1.807, 2.05) is 65.0 Å². The fourth-order valence-corrected chi connectivity index (χ4v) is 9.58. The monoisotopic (exact) mass is 967 g/mol. The van der Waals surface area contributed by atoms with Crippen LogP contribution in [-0.2, 0) is 40.4 Å². The molecule has 16 nitrogen and oxygen atoms in total. The number of unbranched alkanes of at least 4 members (excludes halogenated alkanes) is 2. The Morgan fingerprint density at radius 1 is 0.814 bits per heavy atom. The number of aliphatic imine (C=N–C) groups is 1. The van der Waals surface area contributed by atoms with Gasteiger partial charge in [0.1, 0.15) is 19.3 Å². The zero-order chi connectivity index (χ0) is 49.5. The van der Waals surface area contributed by atoms with Gasteiger partial charge in [-0.05, 0) is 107 Å². The topological polar surface area (TPSA) is 180 Å². The van der Waals surface area contributed by atoms with Crippen molar-refractivity contribution in [1.82, 2.24) is 10.6 Å². The molecule has 0 radical (unpaired) electrons. The number of hydrogen-bond acceptors (Lipinski definition) is 11. The molecule has 3 N–H and O–H groups in total. The van der Waals surface area contributed by atoms with Crippen LogP contribution >= 0.6 is 9.39 Å². The van der Waals surface area contributed by atoms with Gasteiger partial charge in [-0.25, -0.2) is 0 Å². The summed E-state index contributed by atoms with van der Waals surface area (Å²) in [5.74, 6) is -0.234. The van der Waals surface area contributed by atoms with Crippen molar-refractivity contribution in [2.75, 3.05) is 53.6 Å². The number of hydrogen-bond donors (Lipinski definition) is 3. The number of fused-ring (bicyclic) bond motifs is 5. The van der Waals surface area contributed by atoms with Crippen LogP contribution < -0.4 is 49.4 Å². The molecule has 364 valence electrons. The van der Waals surface area contributed by atoms with E-state index in [0.29, 0.717) is 81.8 Å². The average molecular weight is 968 g/mol. The number of anilines is 4. The number of para-hydroxylation sites is 2. The van der Waals surface area contributed by atoms with E-state index in [2.05, 4.69) is 43.1 Å². The highest BCUT2D eigenvalue weighted by Gasteiger charge is 2.39. The number of rotatable bonds is 19. The van der Waals surface area contributed by atoms with Crippen LogP contribution in [0.5, 0.6) is 23.0 Å².